The molecule has 1 N–H and O–H groups in total. The lowest BCUT2D eigenvalue weighted by Gasteiger charge is -2.09. The highest BCUT2D eigenvalue weighted by Crippen LogP contribution is 2.10. The van der Waals surface area contributed by atoms with Gasteiger partial charge in [0, 0.05) is 5.69 Å². The molecule has 0 saturated carbocycles. The number of aromatic carboxylic acids is 1. The molecule has 0 bridgehead atoms. The van der Waals surface area contributed by atoms with Crippen LogP contribution in [0.15, 0.2) is 33.5 Å². The topological polar surface area (TPSA) is 89.5 Å². The molecule has 2 rings (SSSR count). The van der Waals surface area contributed by atoms with E-state index in [1.54, 1.807) is 13.0 Å². The van der Waals surface area contributed by atoms with Gasteiger partial charge in [0.15, 0.2) is 5.78 Å². The number of carbonyl (C=O) groups is 2. The Kier molecular flexibility index (Phi) is 3.56. The number of pyridine rings is 1. The number of rotatable bonds is 4. The Morgan fingerprint density at radius 1 is 1.25 bits per heavy atom. The van der Waals surface area contributed by atoms with Crippen LogP contribution in [0.3, 0.4) is 0 Å². The molecule has 0 unspecified atom stereocenters. The zero-order valence-electron chi connectivity index (χ0n) is 11.0. The lowest BCUT2D eigenvalue weighted by molar-refractivity contribution is 0.0660. The van der Waals surface area contributed by atoms with Gasteiger partial charge in [0.2, 0.25) is 5.76 Å². The second kappa shape index (κ2) is 5.16. The highest BCUT2D eigenvalue weighted by atomic mass is 16.4. The first-order valence-electron chi connectivity index (χ1n) is 5.93. The largest absolute Gasteiger partial charge is 0.475 e. The monoisotopic (exact) mass is 275 g/mol. The van der Waals surface area contributed by atoms with E-state index in [0.717, 1.165) is 0 Å². The van der Waals surface area contributed by atoms with Crippen molar-refractivity contribution >= 4 is 11.8 Å². The van der Waals surface area contributed by atoms with Crippen LogP contribution in [0, 0.1) is 6.92 Å². The predicted octanol–water partition coefficient (Wildman–Crippen LogP) is 1.70. The SMILES string of the molecule is CC(=O)c1ccc(C)n(Cc2ccc(C(=O)O)o2)c1=O. The quantitative estimate of drug-likeness (QED) is 0.858. The summed E-state index contributed by atoms with van der Waals surface area (Å²) in [4.78, 5) is 34.3. The highest BCUT2D eigenvalue weighted by Gasteiger charge is 2.13. The number of carboxylic acid groups (broad SMARTS) is 1. The molecular formula is C14H13NO5. The number of nitrogens with zero attached hydrogens (tertiary/aromatic N) is 1. The van der Waals surface area contributed by atoms with Crippen LogP contribution >= 0.6 is 0 Å². The number of carbonyl (C=O) groups excluding carboxylic acids is 1. The number of aromatic nitrogens is 1. The van der Waals surface area contributed by atoms with Gasteiger partial charge in [-0.3, -0.25) is 9.59 Å². The van der Waals surface area contributed by atoms with Gasteiger partial charge in [0.05, 0.1) is 12.1 Å². The van der Waals surface area contributed by atoms with E-state index in [4.69, 9.17) is 9.52 Å². The molecule has 104 valence electrons. The summed E-state index contributed by atoms with van der Waals surface area (Å²) >= 11 is 0. The van der Waals surface area contributed by atoms with Gasteiger partial charge in [-0.15, -0.1) is 0 Å². The minimum atomic E-state index is -1.17. The van der Waals surface area contributed by atoms with E-state index in [9.17, 15) is 14.4 Å². The molecule has 0 fully saturated rings. The van der Waals surface area contributed by atoms with Gasteiger partial charge in [-0.05, 0) is 38.1 Å². The van der Waals surface area contributed by atoms with Crippen LogP contribution in [0.4, 0.5) is 0 Å². The number of ketones is 1. The molecule has 6 heteroatoms. The number of hydrogen-bond donors (Lipinski definition) is 1. The molecule has 0 amide bonds. The number of hydrogen-bond acceptors (Lipinski definition) is 4. The zero-order valence-corrected chi connectivity index (χ0v) is 11.0. The van der Waals surface area contributed by atoms with Crippen molar-refractivity contribution in [1.29, 1.82) is 0 Å². The number of carboxylic acids is 1. The minimum Gasteiger partial charge on any atom is -0.475 e. The highest BCUT2D eigenvalue weighted by molar-refractivity contribution is 5.93. The molecule has 0 spiro atoms. The molecule has 20 heavy (non-hydrogen) atoms. The molecule has 2 aromatic heterocycles. The smallest absolute Gasteiger partial charge is 0.371 e. The number of furan rings is 1. The van der Waals surface area contributed by atoms with E-state index in [2.05, 4.69) is 0 Å². The fourth-order valence-electron chi connectivity index (χ4n) is 1.87. The summed E-state index contributed by atoms with van der Waals surface area (Å²) in [6, 6.07) is 5.98. The molecule has 0 radical (unpaired) electrons. The average molecular weight is 275 g/mol. The molecule has 0 saturated heterocycles. The van der Waals surface area contributed by atoms with Gasteiger partial charge in [-0.25, -0.2) is 4.79 Å². The number of Topliss-reactive ketones (excluding diaryl/α,β-unsaturated/α-hetero) is 1. The Labute approximate surface area is 114 Å². The van der Waals surface area contributed by atoms with Crippen molar-refractivity contribution < 1.29 is 19.1 Å². The second-order valence-corrected chi connectivity index (χ2v) is 4.41. The van der Waals surface area contributed by atoms with Gasteiger partial charge < -0.3 is 14.1 Å². The minimum absolute atomic E-state index is 0.0824. The maximum Gasteiger partial charge on any atom is 0.371 e. The van der Waals surface area contributed by atoms with E-state index < -0.39 is 11.5 Å². The summed E-state index contributed by atoms with van der Waals surface area (Å²) in [6.45, 7) is 3.14. The molecule has 0 aliphatic rings. The van der Waals surface area contributed by atoms with Crippen LogP contribution in [0.1, 0.15) is 39.3 Å². The van der Waals surface area contributed by atoms with E-state index in [-0.39, 0.29) is 23.7 Å². The van der Waals surface area contributed by atoms with E-state index in [0.29, 0.717) is 11.5 Å². The summed E-state index contributed by atoms with van der Waals surface area (Å²) in [5.41, 5.74) is 0.347. The average Bonchev–Trinajstić information content (AvgIpc) is 2.82. The molecule has 0 atom stereocenters. The Balaban J connectivity index is 2.42. The van der Waals surface area contributed by atoms with Crippen LogP contribution < -0.4 is 5.56 Å². The van der Waals surface area contributed by atoms with Crippen LogP contribution in [0.2, 0.25) is 0 Å². The van der Waals surface area contributed by atoms with Gasteiger partial charge in [-0.1, -0.05) is 0 Å². The van der Waals surface area contributed by atoms with Gasteiger partial charge in [0.25, 0.3) is 5.56 Å². The van der Waals surface area contributed by atoms with Crippen molar-refractivity contribution in [2.45, 2.75) is 20.4 Å². The standard InChI is InChI=1S/C14H13NO5/c1-8-3-5-11(9(2)16)13(17)15(8)7-10-4-6-12(20-10)14(18)19/h3-6H,7H2,1-2H3,(H,18,19). The maximum atomic E-state index is 12.2. The van der Waals surface area contributed by atoms with E-state index in [1.165, 1.54) is 29.7 Å². The first-order valence-corrected chi connectivity index (χ1v) is 5.93. The van der Waals surface area contributed by atoms with Crippen molar-refractivity contribution in [3.63, 3.8) is 0 Å². The molecule has 6 nitrogen and oxygen atoms in total. The van der Waals surface area contributed by atoms with Crippen molar-refractivity contribution in [3.8, 4) is 0 Å². The summed E-state index contributed by atoms with van der Waals surface area (Å²) in [5, 5.41) is 8.78. The Morgan fingerprint density at radius 2 is 1.95 bits per heavy atom. The molecule has 0 aromatic carbocycles. The first-order chi connectivity index (χ1) is 9.40. The van der Waals surface area contributed by atoms with Crippen LogP contribution in [0.5, 0.6) is 0 Å². The van der Waals surface area contributed by atoms with Crippen LogP contribution in [-0.4, -0.2) is 21.4 Å². The second-order valence-electron chi connectivity index (χ2n) is 4.41. The number of aryl methyl sites for hydroxylation is 1. The third-order valence-corrected chi connectivity index (χ3v) is 2.96. The lowest BCUT2D eigenvalue weighted by Crippen LogP contribution is -2.27. The van der Waals surface area contributed by atoms with Crippen LogP contribution in [-0.2, 0) is 6.54 Å². The molecule has 2 aromatic rings. The Hall–Kier alpha value is -2.63. The third kappa shape index (κ3) is 2.54. The molecule has 0 aliphatic heterocycles. The molecule has 0 aliphatic carbocycles. The zero-order chi connectivity index (χ0) is 14.9. The first kappa shape index (κ1) is 13.8. The predicted molar refractivity (Wildman–Crippen MR) is 70.2 cm³/mol. The third-order valence-electron chi connectivity index (χ3n) is 2.96. The fourth-order valence-corrected chi connectivity index (χ4v) is 1.87. The van der Waals surface area contributed by atoms with E-state index in [1.807, 2.05) is 0 Å². The van der Waals surface area contributed by atoms with Crippen molar-refractivity contribution in [1.82, 2.24) is 4.57 Å². The van der Waals surface area contributed by atoms with Gasteiger partial charge >= 0.3 is 5.97 Å². The molecule has 2 heterocycles. The van der Waals surface area contributed by atoms with Crippen molar-refractivity contribution in [2.24, 2.45) is 0 Å². The molecular weight excluding hydrogens is 262 g/mol. The fraction of sp³-hybridized carbons (Fsp3) is 0.214. The van der Waals surface area contributed by atoms with Gasteiger partial charge in [0.1, 0.15) is 5.76 Å². The van der Waals surface area contributed by atoms with Gasteiger partial charge in [-0.2, -0.15) is 0 Å². The summed E-state index contributed by atoms with van der Waals surface area (Å²) in [7, 11) is 0. The normalized spacial score (nSPS) is 10.5. The van der Waals surface area contributed by atoms with Crippen molar-refractivity contribution in [2.75, 3.05) is 0 Å². The Bertz CT molecular complexity index is 738. The summed E-state index contributed by atoms with van der Waals surface area (Å²) < 4.78 is 6.49. The van der Waals surface area contributed by atoms with Crippen LogP contribution in [0.25, 0.3) is 0 Å². The maximum absolute atomic E-state index is 12.2. The van der Waals surface area contributed by atoms with E-state index >= 15 is 0 Å². The Morgan fingerprint density at radius 3 is 2.50 bits per heavy atom. The van der Waals surface area contributed by atoms with Crippen molar-refractivity contribution in [3.05, 3.63) is 57.4 Å². The summed E-state index contributed by atoms with van der Waals surface area (Å²) in [6.07, 6.45) is 0. The lowest BCUT2D eigenvalue weighted by atomic mass is 10.2. The summed E-state index contributed by atoms with van der Waals surface area (Å²) in [5.74, 6) is -1.33.